The van der Waals surface area contributed by atoms with Crippen molar-refractivity contribution in [2.75, 3.05) is 6.54 Å². The molecule has 0 aliphatic carbocycles. The standard InChI is InChI=1S/C8H9F2NO/c9-5-2-1-3-6(10)8(5)7(12)4-11/h1-3,7,12H,4,11H2. The van der Waals surface area contributed by atoms with Crippen LogP contribution in [0.2, 0.25) is 0 Å². The molecular formula is C8H9F2NO. The van der Waals surface area contributed by atoms with Crippen molar-refractivity contribution in [3.8, 4) is 0 Å². The second-order valence-corrected chi connectivity index (χ2v) is 2.39. The van der Waals surface area contributed by atoms with Gasteiger partial charge in [-0.25, -0.2) is 8.78 Å². The smallest absolute Gasteiger partial charge is 0.131 e. The number of hydrogen-bond donors (Lipinski definition) is 2. The van der Waals surface area contributed by atoms with Gasteiger partial charge in [0.2, 0.25) is 0 Å². The van der Waals surface area contributed by atoms with Gasteiger partial charge >= 0.3 is 0 Å². The molecule has 66 valence electrons. The molecule has 0 aliphatic rings. The number of aliphatic hydroxyl groups excluding tert-OH is 1. The van der Waals surface area contributed by atoms with Gasteiger partial charge < -0.3 is 10.8 Å². The molecule has 1 aromatic rings. The summed E-state index contributed by atoms with van der Waals surface area (Å²) in [6.07, 6.45) is -1.27. The fourth-order valence-corrected chi connectivity index (χ4v) is 0.947. The van der Waals surface area contributed by atoms with E-state index in [0.717, 1.165) is 12.1 Å². The van der Waals surface area contributed by atoms with E-state index in [0.29, 0.717) is 0 Å². The van der Waals surface area contributed by atoms with Crippen LogP contribution in [0.15, 0.2) is 18.2 Å². The number of nitrogens with two attached hydrogens (primary N) is 1. The Morgan fingerprint density at radius 1 is 1.33 bits per heavy atom. The Kier molecular flexibility index (Phi) is 2.73. The zero-order valence-electron chi connectivity index (χ0n) is 6.30. The Morgan fingerprint density at radius 2 is 1.83 bits per heavy atom. The van der Waals surface area contributed by atoms with Crippen LogP contribution in [0.25, 0.3) is 0 Å². The first kappa shape index (κ1) is 9.09. The van der Waals surface area contributed by atoms with E-state index in [1.54, 1.807) is 0 Å². The Bertz CT molecular complexity index is 258. The molecule has 0 radical (unpaired) electrons. The molecule has 4 heteroatoms. The van der Waals surface area contributed by atoms with Crippen molar-refractivity contribution in [1.29, 1.82) is 0 Å². The minimum absolute atomic E-state index is 0.197. The lowest BCUT2D eigenvalue weighted by Gasteiger charge is -2.09. The van der Waals surface area contributed by atoms with Gasteiger partial charge in [-0.05, 0) is 12.1 Å². The van der Waals surface area contributed by atoms with E-state index in [1.165, 1.54) is 6.07 Å². The summed E-state index contributed by atoms with van der Waals surface area (Å²) < 4.78 is 25.7. The minimum atomic E-state index is -1.27. The molecule has 0 saturated heterocycles. The van der Waals surface area contributed by atoms with Gasteiger partial charge in [-0.3, -0.25) is 0 Å². The van der Waals surface area contributed by atoms with Crippen molar-refractivity contribution in [2.45, 2.75) is 6.10 Å². The molecular weight excluding hydrogens is 164 g/mol. The summed E-state index contributed by atoms with van der Waals surface area (Å²) in [5.74, 6) is -1.54. The van der Waals surface area contributed by atoms with E-state index in [1.807, 2.05) is 0 Å². The summed E-state index contributed by atoms with van der Waals surface area (Å²) in [6, 6.07) is 3.39. The van der Waals surface area contributed by atoms with Crippen molar-refractivity contribution >= 4 is 0 Å². The van der Waals surface area contributed by atoms with Gasteiger partial charge in [0.15, 0.2) is 0 Å². The molecule has 0 heterocycles. The molecule has 0 aromatic heterocycles. The lowest BCUT2D eigenvalue weighted by Crippen LogP contribution is -2.14. The lowest BCUT2D eigenvalue weighted by molar-refractivity contribution is 0.176. The van der Waals surface area contributed by atoms with Crippen LogP contribution in [-0.4, -0.2) is 11.7 Å². The Labute approximate surface area is 68.6 Å². The van der Waals surface area contributed by atoms with E-state index in [-0.39, 0.29) is 12.1 Å². The SMILES string of the molecule is NCC(O)c1c(F)cccc1F. The maximum absolute atomic E-state index is 12.8. The average Bonchev–Trinajstić information content (AvgIpc) is 2.03. The lowest BCUT2D eigenvalue weighted by atomic mass is 10.1. The quantitative estimate of drug-likeness (QED) is 0.699. The number of hydrogen-bond acceptors (Lipinski definition) is 2. The van der Waals surface area contributed by atoms with Crippen LogP contribution in [0.4, 0.5) is 8.78 Å². The van der Waals surface area contributed by atoms with Crippen LogP contribution in [0.5, 0.6) is 0 Å². The van der Waals surface area contributed by atoms with Crippen LogP contribution in [0, 0.1) is 11.6 Å². The van der Waals surface area contributed by atoms with Crippen molar-refractivity contribution in [1.82, 2.24) is 0 Å². The third-order valence-corrected chi connectivity index (χ3v) is 1.56. The van der Waals surface area contributed by atoms with Crippen LogP contribution in [0.1, 0.15) is 11.7 Å². The molecule has 0 saturated carbocycles. The Balaban J connectivity index is 3.12. The zero-order chi connectivity index (χ0) is 9.14. The Morgan fingerprint density at radius 3 is 2.25 bits per heavy atom. The van der Waals surface area contributed by atoms with Gasteiger partial charge in [-0.2, -0.15) is 0 Å². The topological polar surface area (TPSA) is 46.2 Å². The highest BCUT2D eigenvalue weighted by molar-refractivity contribution is 5.22. The molecule has 1 atom stereocenters. The van der Waals surface area contributed by atoms with Crippen LogP contribution in [0.3, 0.4) is 0 Å². The summed E-state index contributed by atoms with van der Waals surface area (Å²) >= 11 is 0. The van der Waals surface area contributed by atoms with Crippen molar-refractivity contribution in [3.63, 3.8) is 0 Å². The number of aliphatic hydroxyl groups is 1. The fraction of sp³-hybridized carbons (Fsp3) is 0.250. The van der Waals surface area contributed by atoms with E-state index < -0.39 is 17.7 Å². The highest BCUT2D eigenvalue weighted by Crippen LogP contribution is 2.19. The molecule has 0 spiro atoms. The molecule has 1 unspecified atom stereocenters. The molecule has 0 aliphatic heterocycles. The molecule has 2 nitrogen and oxygen atoms in total. The summed E-state index contributed by atoms with van der Waals surface area (Å²) in [6.45, 7) is -0.197. The molecule has 1 rings (SSSR count). The third-order valence-electron chi connectivity index (χ3n) is 1.56. The number of halogens is 2. The van der Waals surface area contributed by atoms with Crippen LogP contribution < -0.4 is 5.73 Å². The van der Waals surface area contributed by atoms with Gasteiger partial charge in [-0.15, -0.1) is 0 Å². The molecule has 1 aromatic carbocycles. The normalized spacial score (nSPS) is 13.0. The summed E-state index contributed by atoms with van der Waals surface area (Å²) in [5, 5.41) is 9.09. The van der Waals surface area contributed by atoms with Gasteiger partial charge in [0, 0.05) is 6.54 Å². The van der Waals surface area contributed by atoms with E-state index in [9.17, 15) is 8.78 Å². The van der Waals surface area contributed by atoms with Gasteiger partial charge in [0.1, 0.15) is 11.6 Å². The second-order valence-electron chi connectivity index (χ2n) is 2.39. The predicted molar refractivity (Wildman–Crippen MR) is 40.4 cm³/mol. The van der Waals surface area contributed by atoms with Gasteiger partial charge in [-0.1, -0.05) is 6.07 Å². The van der Waals surface area contributed by atoms with Gasteiger partial charge in [0.25, 0.3) is 0 Å². The van der Waals surface area contributed by atoms with E-state index in [4.69, 9.17) is 10.8 Å². The summed E-state index contributed by atoms with van der Waals surface area (Å²) in [7, 11) is 0. The number of benzene rings is 1. The van der Waals surface area contributed by atoms with Crippen LogP contribution >= 0.6 is 0 Å². The first-order chi connectivity index (χ1) is 5.66. The van der Waals surface area contributed by atoms with Crippen LogP contribution in [-0.2, 0) is 0 Å². The summed E-state index contributed by atoms with van der Waals surface area (Å²) in [5.41, 5.74) is 4.70. The fourth-order valence-electron chi connectivity index (χ4n) is 0.947. The first-order valence-electron chi connectivity index (χ1n) is 3.49. The maximum atomic E-state index is 12.8. The molecule has 12 heavy (non-hydrogen) atoms. The second kappa shape index (κ2) is 3.60. The minimum Gasteiger partial charge on any atom is -0.387 e. The number of rotatable bonds is 2. The largest absolute Gasteiger partial charge is 0.387 e. The summed E-state index contributed by atoms with van der Waals surface area (Å²) in [4.78, 5) is 0. The maximum Gasteiger partial charge on any atom is 0.131 e. The average molecular weight is 173 g/mol. The van der Waals surface area contributed by atoms with E-state index >= 15 is 0 Å². The predicted octanol–water partition coefficient (Wildman–Crippen LogP) is 0.957. The van der Waals surface area contributed by atoms with Crippen molar-refractivity contribution in [3.05, 3.63) is 35.4 Å². The Hall–Kier alpha value is -1.00. The van der Waals surface area contributed by atoms with Gasteiger partial charge in [0.05, 0.1) is 11.7 Å². The van der Waals surface area contributed by atoms with Crippen molar-refractivity contribution < 1.29 is 13.9 Å². The molecule has 3 N–H and O–H groups in total. The molecule has 0 bridgehead atoms. The first-order valence-corrected chi connectivity index (χ1v) is 3.49. The highest BCUT2D eigenvalue weighted by Gasteiger charge is 2.15. The molecule has 0 fully saturated rings. The van der Waals surface area contributed by atoms with Crippen molar-refractivity contribution in [2.24, 2.45) is 5.73 Å². The third kappa shape index (κ3) is 1.60. The zero-order valence-corrected chi connectivity index (χ0v) is 6.30. The highest BCUT2D eigenvalue weighted by atomic mass is 19.1. The monoisotopic (exact) mass is 173 g/mol. The van der Waals surface area contributed by atoms with E-state index in [2.05, 4.69) is 0 Å². The molecule has 0 amide bonds.